The second-order valence-corrected chi connectivity index (χ2v) is 8.74. The number of nitrogens with one attached hydrogen (secondary N) is 1. The second kappa shape index (κ2) is 10.1. The van der Waals surface area contributed by atoms with Crippen molar-refractivity contribution in [3.63, 3.8) is 0 Å². The van der Waals surface area contributed by atoms with Gasteiger partial charge in [0.15, 0.2) is 11.0 Å². The van der Waals surface area contributed by atoms with Gasteiger partial charge in [0, 0.05) is 5.56 Å². The maximum absolute atomic E-state index is 14.8. The molecule has 9 heteroatoms. The number of amides is 1. The highest BCUT2D eigenvalue weighted by molar-refractivity contribution is 8.00. The molecule has 1 heterocycles. The Bertz CT molecular complexity index is 1300. The molecule has 1 amide bonds. The third-order valence-corrected chi connectivity index (χ3v) is 6.23. The van der Waals surface area contributed by atoms with Crippen LogP contribution in [0, 0.1) is 5.82 Å². The third-order valence-electron chi connectivity index (χ3n) is 4.86. The van der Waals surface area contributed by atoms with Gasteiger partial charge in [-0.3, -0.25) is 9.36 Å². The third kappa shape index (κ3) is 4.86. The molecule has 0 aliphatic rings. The normalized spacial score (nSPS) is 11.8. The average Bonchev–Trinajstić information content (AvgIpc) is 3.22. The van der Waals surface area contributed by atoms with Crippen LogP contribution in [-0.2, 0) is 4.79 Å². The van der Waals surface area contributed by atoms with Gasteiger partial charge in [-0.05, 0) is 43.3 Å². The van der Waals surface area contributed by atoms with Crippen molar-refractivity contribution >= 4 is 35.0 Å². The van der Waals surface area contributed by atoms with Gasteiger partial charge in [-0.25, -0.2) is 4.39 Å². The van der Waals surface area contributed by atoms with Crippen LogP contribution in [-0.4, -0.2) is 33.0 Å². The highest BCUT2D eigenvalue weighted by Gasteiger charge is 2.24. The van der Waals surface area contributed by atoms with E-state index >= 15 is 0 Å². The lowest BCUT2D eigenvalue weighted by atomic mass is 10.2. The number of para-hydroxylation sites is 3. The molecular weight excluding hydrogens is 463 g/mol. The van der Waals surface area contributed by atoms with Gasteiger partial charge in [0.25, 0.3) is 0 Å². The van der Waals surface area contributed by atoms with E-state index in [0.717, 1.165) is 11.8 Å². The first-order valence-corrected chi connectivity index (χ1v) is 11.3. The molecule has 1 aromatic heterocycles. The van der Waals surface area contributed by atoms with E-state index in [9.17, 15) is 9.18 Å². The number of hydrogen-bond acceptors (Lipinski definition) is 5. The Kier molecular flexibility index (Phi) is 6.96. The number of rotatable bonds is 7. The molecule has 0 bridgehead atoms. The second-order valence-electron chi connectivity index (χ2n) is 7.02. The van der Waals surface area contributed by atoms with E-state index < -0.39 is 11.1 Å². The molecule has 0 aliphatic heterocycles. The highest BCUT2D eigenvalue weighted by atomic mass is 35.5. The van der Waals surface area contributed by atoms with Crippen molar-refractivity contribution in [2.75, 3.05) is 12.4 Å². The number of anilines is 1. The molecule has 0 saturated carbocycles. The maximum atomic E-state index is 14.8. The van der Waals surface area contributed by atoms with E-state index in [1.165, 1.54) is 13.2 Å². The molecule has 0 unspecified atom stereocenters. The first kappa shape index (κ1) is 22.8. The van der Waals surface area contributed by atoms with Crippen molar-refractivity contribution in [2.24, 2.45) is 0 Å². The molecule has 0 fully saturated rings. The molecule has 4 aromatic rings. The number of thioether (sulfide) groups is 1. The Morgan fingerprint density at radius 1 is 1.06 bits per heavy atom. The van der Waals surface area contributed by atoms with Gasteiger partial charge in [0.1, 0.15) is 11.6 Å². The molecule has 6 nitrogen and oxygen atoms in total. The smallest absolute Gasteiger partial charge is 0.237 e. The van der Waals surface area contributed by atoms with Gasteiger partial charge in [-0.2, -0.15) is 0 Å². The van der Waals surface area contributed by atoms with Gasteiger partial charge in [-0.1, -0.05) is 59.8 Å². The molecule has 168 valence electrons. The number of methoxy groups -OCH3 is 1. The summed E-state index contributed by atoms with van der Waals surface area (Å²) in [5.41, 5.74) is 1.43. The number of hydrogen-bond donors (Lipinski definition) is 1. The monoisotopic (exact) mass is 482 g/mol. The van der Waals surface area contributed by atoms with Crippen LogP contribution in [0.1, 0.15) is 6.92 Å². The van der Waals surface area contributed by atoms with Crippen LogP contribution in [0.4, 0.5) is 10.1 Å². The molecule has 0 saturated heterocycles. The minimum Gasteiger partial charge on any atom is -0.495 e. The fourth-order valence-electron chi connectivity index (χ4n) is 3.21. The molecule has 0 radical (unpaired) electrons. The van der Waals surface area contributed by atoms with E-state index in [-0.39, 0.29) is 11.6 Å². The largest absolute Gasteiger partial charge is 0.495 e. The van der Waals surface area contributed by atoms with Crippen molar-refractivity contribution in [1.29, 1.82) is 0 Å². The Balaban J connectivity index is 1.69. The standard InChI is InChI=1S/C24H20ClFN4O2S/c1-15(23(31)27-19-12-6-8-14-21(19)32-2)33-24-29-28-22(16-9-3-4-10-17(16)25)30(24)20-13-7-5-11-18(20)26/h3-15H,1-2H3,(H,27,31)/t15-/m0/s1. The zero-order valence-corrected chi connectivity index (χ0v) is 19.4. The fourth-order valence-corrected chi connectivity index (χ4v) is 4.29. The van der Waals surface area contributed by atoms with Crippen molar-refractivity contribution in [3.8, 4) is 22.8 Å². The molecule has 4 rings (SSSR count). The summed E-state index contributed by atoms with van der Waals surface area (Å²) in [4.78, 5) is 12.9. The van der Waals surface area contributed by atoms with E-state index in [4.69, 9.17) is 16.3 Å². The van der Waals surface area contributed by atoms with Crippen LogP contribution in [0.2, 0.25) is 5.02 Å². The van der Waals surface area contributed by atoms with E-state index in [2.05, 4.69) is 15.5 Å². The van der Waals surface area contributed by atoms with Crippen LogP contribution in [0.15, 0.2) is 78.0 Å². The SMILES string of the molecule is COc1ccccc1NC(=O)[C@H](C)Sc1nnc(-c2ccccc2Cl)n1-c1ccccc1F. The lowest BCUT2D eigenvalue weighted by molar-refractivity contribution is -0.115. The summed E-state index contributed by atoms with van der Waals surface area (Å²) in [6.07, 6.45) is 0. The summed E-state index contributed by atoms with van der Waals surface area (Å²) in [5, 5.41) is 11.7. The topological polar surface area (TPSA) is 69.0 Å². The van der Waals surface area contributed by atoms with Crippen LogP contribution in [0.25, 0.3) is 17.1 Å². The first-order chi connectivity index (χ1) is 16.0. The van der Waals surface area contributed by atoms with Crippen LogP contribution >= 0.6 is 23.4 Å². The molecule has 0 aliphatic carbocycles. The summed E-state index contributed by atoms with van der Waals surface area (Å²) >= 11 is 7.55. The summed E-state index contributed by atoms with van der Waals surface area (Å²) < 4.78 is 21.7. The van der Waals surface area contributed by atoms with E-state index in [1.807, 2.05) is 12.1 Å². The van der Waals surface area contributed by atoms with Gasteiger partial charge in [-0.15, -0.1) is 10.2 Å². The number of aromatic nitrogens is 3. The number of carbonyl (C=O) groups excluding carboxylic acids is 1. The molecule has 33 heavy (non-hydrogen) atoms. The fraction of sp³-hybridized carbons (Fsp3) is 0.125. The van der Waals surface area contributed by atoms with Gasteiger partial charge >= 0.3 is 0 Å². The Morgan fingerprint density at radius 2 is 1.76 bits per heavy atom. The number of nitrogens with zero attached hydrogens (tertiary/aromatic N) is 3. The summed E-state index contributed by atoms with van der Waals surface area (Å²) in [6.45, 7) is 1.74. The minimum absolute atomic E-state index is 0.258. The summed E-state index contributed by atoms with van der Waals surface area (Å²) in [5.74, 6) is 0.231. The molecule has 3 aromatic carbocycles. The molecular formula is C24H20ClFN4O2S. The predicted molar refractivity (Wildman–Crippen MR) is 129 cm³/mol. The highest BCUT2D eigenvalue weighted by Crippen LogP contribution is 2.34. The first-order valence-electron chi connectivity index (χ1n) is 10.1. The number of benzene rings is 3. The zero-order chi connectivity index (χ0) is 23.4. The van der Waals surface area contributed by atoms with E-state index in [1.54, 1.807) is 66.1 Å². The van der Waals surface area contributed by atoms with Crippen molar-refractivity contribution < 1.29 is 13.9 Å². The van der Waals surface area contributed by atoms with Gasteiger partial charge in [0.2, 0.25) is 5.91 Å². The summed E-state index contributed by atoms with van der Waals surface area (Å²) in [6, 6.07) is 20.6. The van der Waals surface area contributed by atoms with Gasteiger partial charge < -0.3 is 10.1 Å². The van der Waals surface area contributed by atoms with Crippen LogP contribution in [0.5, 0.6) is 5.75 Å². The lowest BCUT2D eigenvalue weighted by Gasteiger charge is -2.15. The number of carbonyl (C=O) groups is 1. The summed E-state index contributed by atoms with van der Waals surface area (Å²) in [7, 11) is 1.54. The lowest BCUT2D eigenvalue weighted by Crippen LogP contribution is -2.23. The molecule has 1 atom stereocenters. The maximum Gasteiger partial charge on any atom is 0.237 e. The van der Waals surface area contributed by atoms with Crippen molar-refractivity contribution in [3.05, 3.63) is 83.6 Å². The molecule has 1 N–H and O–H groups in total. The Labute approximate surface area is 199 Å². The number of ether oxygens (including phenoxy) is 1. The van der Waals surface area contributed by atoms with Gasteiger partial charge in [0.05, 0.1) is 28.8 Å². The van der Waals surface area contributed by atoms with E-state index in [0.29, 0.717) is 33.0 Å². The van der Waals surface area contributed by atoms with Crippen LogP contribution < -0.4 is 10.1 Å². The Morgan fingerprint density at radius 3 is 2.52 bits per heavy atom. The molecule has 0 spiro atoms. The van der Waals surface area contributed by atoms with Crippen LogP contribution in [0.3, 0.4) is 0 Å². The predicted octanol–water partition coefficient (Wildman–Crippen LogP) is 5.85. The number of halogens is 2. The quantitative estimate of drug-likeness (QED) is 0.334. The van der Waals surface area contributed by atoms with Crippen molar-refractivity contribution in [1.82, 2.24) is 14.8 Å². The Hall–Kier alpha value is -3.36. The zero-order valence-electron chi connectivity index (χ0n) is 17.8. The van der Waals surface area contributed by atoms with Crippen molar-refractivity contribution in [2.45, 2.75) is 17.3 Å². The average molecular weight is 483 g/mol. The minimum atomic E-state index is -0.566.